The van der Waals surface area contributed by atoms with Crippen molar-refractivity contribution in [1.29, 1.82) is 0 Å². The average Bonchev–Trinajstić information content (AvgIpc) is 2.93. The number of rotatable bonds is 7. The van der Waals surface area contributed by atoms with E-state index in [1.807, 2.05) is 54.6 Å². The quantitative estimate of drug-likeness (QED) is 0.301. The van der Waals surface area contributed by atoms with Gasteiger partial charge in [0.25, 0.3) is 11.8 Å². The second kappa shape index (κ2) is 10.4. The fraction of sp³-hybridized carbons (Fsp3) is 0.0357. The van der Waals surface area contributed by atoms with E-state index in [-0.39, 0.29) is 11.8 Å². The Bertz CT molecular complexity index is 1520. The minimum Gasteiger partial charge on any atom is -0.380 e. The van der Waals surface area contributed by atoms with Crippen LogP contribution < -0.4 is 16.0 Å². The van der Waals surface area contributed by atoms with Gasteiger partial charge in [0.2, 0.25) is 0 Å². The average molecular weight is 475 g/mol. The molecule has 0 aliphatic rings. The van der Waals surface area contributed by atoms with Crippen LogP contribution in [0.1, 0.15) is 26.4 Å². The van der Waals surface area contributed by atoms with Gasteiger partial charge in [0.15, 0.2) is 0 Å². The van der Waals surface area contributed by atoms with Crippen molar-refractivity contribution in [3.05, 3.63) is 120 Å². The zero-order valence-corrected chi connectivity index (χ0v) is 19.2. The zero-order valence-electron chi connectivity index (χ0n) is 19.2. The predicted molar refractivity (Wildman–Crippen MR) is 140 cm³/mol. The van der Waals surface area contributed by atoms with Crippen molar-refractivity contribution in [2.45, 2.75) is 6.54 Å². The SMILES string of the molecule is O=C(Nc1cccnc1)c1ccc(CNc2ccccc2C(=O)Nc2cc3ccccc3cn2)cn1. The first-order chi connectivity index (χ1) is 17.7. The summed E-state index contributed by atoms with van der Waals surface area (Å²) in [5.41, 5.74) is 2.93. The molecule has 5 rings (SSSR count). The van der Waals surface area contributed by atoms with E-state index in [1.54, 1.807) is 49.1 Å². The molecule has 8 nitrogen and oxygen atoms in total. The predicted octanol–water partition coefficient (Wildman–Crippen LogP) is 5.14. The standard InChI is InChI=1S/C28H22N6O2/c35-27(34-26-14-20-6-1-2-7-21(20)17-32-26)23-9-3-4-10-24(23)30-15-19-11-12-25(31-16-19)28(36)33-22-8-5-13-29-18-22/h1-14,16-18,30H,15H2,(H,33,36)(H,32,34,35). The summed E-state index contributed by atoms with van der Waals surface area (Å²) in [5.74, 6) is -0.0916. The van der Waals surface area contributed by atoms with Crippen LogP contribution in [0.5, 0.6) is 0 Å². The number of para-hydroxylation sites is 1. The van der Waals surface area contributed by atoms with Gasteiger partial charge in [-0.3, -0.25) is 19.6 Å². The number of carbonyl (C=O) groups is 2. The first kappa shape index (κ1) is 22.7. The van der Waals surface area contributed by atoms with E-state index in [9.17, 15) is 9.59 Å². The highest BCUT2D eigenvalue weighted by atomic mass is 16.2. The molecule has 0 fully saturated rings. The van der Waals surface area contributed by atoms with E-state index < -0.39 is 0 Å². The number of aromatic nitrogens is 3. The maximum atomic E-state index is 13.0. The third-order valence-electron chi connectivity index (χ3n) is 5.50. The van der Waals surface area contributed by atoms with Crippen LogP contribution in [-0.2, 0) is 6.54 Å². The van der Waals surface area contributed by atoms with Crippen molar-refractivity contribution in [3.8, 4) is 0 Å². The summed E-state index contributed by atoms with van der Waals surface area (Å²) in [6.45, 7) is 0.427. The fourth-order valence-electron chi connectivity index (χ4n) is 3.66. The van der Waals surface area contributed by atoms with Gasteiger partial charge in [-0.1, -0.05) is 42.5 Å². The van der Waals surface area contributed by atoms with E-state index in [0.717, 1.165) is 16.3 Å². The Labute approximate surface area is 207 Å². The summed E-state index contributed by atoms with van der Waals surface area (Å²) in [7, 11) is 0. The number of pyridine rings is 3. The van der Waals surface area contributed by atoms with Crippen molar-refractivity contribution in [2.75, 3.05) is 16.0 Å². The van der Waals surface area contributed by atoms with Crippen molar-refractivity contribution in [3.63, 3.8) is 0 Å². The molecule has 3 heterocycles. The molecule has 0 radical (unpaired) electrons. The number of fused-ring (bicyclic) bond motifs is 1. The molecular weight excluding hydrogens is 452 g/mol. The maximum Gasteiger partial charge on any atom is 0.274 e. The lowest BCUT2D eigenvalue weighted by molar-refractivity contribution is 0.101. The summed E-state index contributed by atoms with van der Waals surface area (Å²) in [6.07, 6.45) is 6.58. The van der Waals surface area contributed by atoms with Gasteiger partial charge in [0.05, 0.1) is 17.4 Å². The molecule has 36 heavy (non-hydrogen) atoms. The normalized spacial score (nSPS) is 10.6. The summed E-state index contributed by atoms with van der Waals surface area (Å²) >= 11 is 0. The molecule has 0 spiro atoms. The Morgan fingerprint density at radius 1 is 0.722 bits per heavy atom. The van der Waals surface area contributed by atoms with Gasteiger partial charge in [0, 0.05) is 36.2 Å². The zero-order chi connectivity index (χ0) is 24.7. The second-order valence-corrected chi connectivity index (χ2v) is 8.02. The fourth-order valence-corrected chi connectivity index (χ4v) is 3.66. The number of amides is 2. The lowest BCUT2D eigenvalue weighted by Gasteiger charge is -2.12. The highest BCUT2D eigenvalue weighted by Gasteiger charge is 2.13. The Kier molecular flexibility index (Phi) is 6.57. The first-order valence-electron chi connectivity index (χ1n) is 11.3. The smallest absolute Gasteiger partial charge is 0.274 e. The second-order valence-electron chi connectivity index (χ2n) is 8.02. The Hall–Kier alpha value is -5.11. The van der Waals surface area contributed by atoms with Gasteiger partial charge in [-0.2, -0.15) is 0 Å². The van der Waals surface area contributed by atoms with Gasteiger partial charge < -0.3 is 16.0 Å². The van der Waals surface area contributed by atoms with Crippen LogP contribution in [0.4, 0.5) is 17.2 Å². The van der Waals surface area contributed by atoms with Crippen LogP contribution in [-0.4, -0.2) is 26.8 Å². The molecule has 0 aliphatic carbocycles. The molecule has 0 atom stereocenters. The Balaban J connectivity index is 1.23. The van der Waals surface area contributed by atoms with Crippen molar-refractivity contribution in [2.24, 2.45) is 0 Å². The number of nitrogens with one attached hydrogen (secondary N) is 3. The lowest BCUT2D eigenvalue weighted by atomic mass is 10.1. The largest absolute Gasteiger partial charge is 0.380 e. The number of benzene rings is 2. The number of hydrogen-bond donors (Lipinski definition) is 3. The molecule has 5 aromatic rings. The number of hydrogen-bond acceptors (Lipinski definition) is 6. The highest BCUT2D eigenvalue weighted by molar-refractivity contribution is 6.08. The Morgan fingerprint density at radius 2 is 1.56 bits per heavy atom. The summed E-state index contributed by atoms with van der Waals surface area (Å²) in [5, 5.41) is 10.9. The van der Waals surface area contributed by atoms with E-state index in [2.05, 4.69) is 30.9 Å². The molecule has 0 aliphatic heterocycles. The molecule has 0 bridgehead atoms. The van der Waals surface area contributed by atoms with E-state index in [1.165, 1.54) is 0 Å². The first-order valence-corrected chi connectivity index (χ1v) is 11.3. The van der Waals surface area contributed by atoms with Gasteiger partial charge in [-0.25, -0.2) is 4.98 Å². The molecule has 176 valence electrons. The van der Waals surface area contributed by atoms with Gasteiger partial charge in [-0.05, 0) is 47.3 Å². The molecular formula is C28H22N6O2. The Morgan fingerprint density at radius 3 is 2.36 bits per heavy atom. The molecule has 3 aromatic heterocycles. The van der Waals surface area contributed by atoms with Gasteiger partial charge in [-0.15, -0.1) is 0 Å². The summed E-state index contributed by atoms with van der Waals surface area (Å²) in [6, 6.07) is 23.9. The van der Waals surface area contributed by atoms with Crippen LogP contribution in [0, 0.1) is 0 Å². The third kappa shape index (κ3) is 5.34. The maximum absolute atomic E-state index is 13.0. The van der Waals surface area contributed by atoms with Crippen LogP contribution in [0.15, 0.2) is 104 Å². The van der Waals surface area contributed by atoms with Crippen LogP contribution in [0.2, 0.25) is 0 Å². The number of nitrogens with zero attached hydrogens (tertiary/aromatic N) is 3. The van der Waals surface area contributed by atoms with Gasteiger partial charge >= 0.3 is 0 Å². The van der Waals surface area contributed by atoms with Crippen molar-refractivity contribution >= 4 is 39.8 Å². The van der Waals surface area contributed by atoms with Crippen LogP contribution in [0.3, 0.4) is 0 Å². The highest BCUT2D eigenvalue weighted by Crippen LogP contribution is 2.20. The number of carbonyl (C=O) groups excluding carboxylic acids is 2. The molecule has 8 heteroatoms. The van der Waals surface area contributed by atoms with E-state index in [0.29, 0.717) is 35.0 Å². The molecule has 2 aromatic carbocycles. The van der Waals surface area contributed by atoms with E-state index >= 15 is 0 Å². The summed E-state index contributed by atoms with van der Waals surface area (Å²) in [4.78, 5) is 38.0. The third-order valence-corrected chi connectivity index (χ3v) is 5.50. The molecule has 0 saturated carbocycles. The minimum absolute atomic E-state index is 0.263. The minimum atomic E-state index is -0.313. The molecule has 3 N–H and O–H groups in total. The van der Waals surface area contributed by atoms with Crippen molar-refractivity contribution in [1.82, 2.24) is 15.0 Å². The summed E-state index contributed by atoms with van der Waals surface area (Å²) < 4.78 is 0. The van der Waals surface area contributed by atoms with Gasteiger partial charge in [0.1, 0.15) is 11.5 Å². The number of anilines is 3. The molecule has 0 unspecified atom stereocenters. The lowest BCUT2D eigenvalue weighted by Crippen LogP contribution is -2.16. The van der Waals surface area contributed by atoms with Crippen LogP contribution >= 0.6 is 0 Å². The topological polar surface area (TPSA) is 109 Å². The van der Waals surface area contributed by atoms with Crippen LogP contribution in [0.25, 0.3) is 10.8 Å². The molecule has 2 amide bonds. The molecule has 0 saturated heterocycles. The van der Waals surface area contributed by atoms with Crippen molar-refractivity contribution < 1.29 is 9.59 Å². The van der Waals surface area contributed by atoms with E-state index in [4.69, 9.17) is 0 Å². The monoisotopic (exact) mass is 474 g/mol.